The first-order chi connectivity index (χ1) is 20.1. The van der Waals surface area contributed by atoms with E-state index in [1.54, 1.807) is 0 Å². The summed E-state index contributed by atoms with van der Waals surface area (Å²) < 4.78 is 4.86. The van der Waals surface area contributed by atoms with Gasteiger partial charge >= 0.3 is 0 Å². The lowest BCUT2D eigenvalue weighted by atomic mass is 9.82. The Kier molecular flexibility index (Phi) is 4.42. The molecule has 1 aliphatic carbocycles. The Morgan fingerprint density at radius 3 is 1.22 bits per heavy atom. The van der Waals surface area contributed by atoms with Gasteiger partial charge in [-0.05, 0) is 82.9 Å². The Morgan fingerprint density at radius 2 is 0.780 bits per heavy atom. The van der Waals surface area contributed by atoms with Gasteiger partial charge in [-0.1, -0.05) is 86.6 Å². The molecule has 194 valence electrons. The summed E-state index contributed by atoms with van der Waals surface area (Å²) in [6, 6.07) is 49.0. The number of benzene rings is 6. The molecule has 6 aromatic carbocycles. The molecule has 0 spiro atoms. The van der Waals surface area contributed by atoms with Crippen LogP contribution in [0.2, 0.25) is 0 Å². The number of aromatic nitrogens is 2. The zero-order valence-corrected chi connectivity index (χ0v) is 23.1. The summed E-state index contributed by atoms with van der Waals surface area (Å²) in [6.07, 6.45) is 0. The number of hydrogen-bond acceptors (Lipinski definition) is 0. The summed E-state index contributed by atoms with van der Waals surface area (Å²) in [6.45, 7) is 4.78. The molecule has 2 heteroatoms. The summed E-state index contributed by atoms with van der Waals surface area (Å²) in [7, 11) is 0. The lowest BCUT2D eigenvalue weighted by Gasteiger charge is -2.22. The Bertz CT molecular complexity index is 2150. The van der Waals surface area contributed by atoms with E-state index in [2.05, 4.69) is 156 Å². The van der Waals surface area contributed by atoms with E-state index in [0.717, 1.165) is 0 Å². The molecule has 0 atom stereocenters. The highest BCUT2D eigenvalue weighted by atomic mass is 15.0. The van der Waals surface area contributed by atoms with Crippen molar-refractivity contribution < 1.29 is 0 Å². The fourth-order valence-electron chi connectivity index (χ4n) is 7.37. The molecule has 1 aliphatic rings. The minimum Gasteiger partial charge on any atom is -0.309 e. The van der Waals surface area contributed by atoms with E-state index in [-0.39, 0.29) is 5.41 Å². The van der Waals surface area contributed by atoms with Gasteiger partial charge in [0.05, 0.1) is 22.1 Å². The van der Waals surface area contributed by atoms with E-state index in [4.69, 9.17) is 0 Å². The highest BCUT2D eigenvalue weighted by molar-refractivity contribution is 6.14. The van der Waals surface area contributed by atoms with Gasteiger partial charge < -0.3 is 9.13 Å². The molecular formula is C39H28N2. The molecule has 0 aliphatic heterocycles. The van der Waals surface area contributed by atoms with Crippen molar-refractivity contribution in [3.05, 3.63) is 145 Å². The van der Waals surface area contributed by atoms with Crippen LogP contribution in [0.4, 0.5) is 0 Å². The maximum atomic E-state index is 2.46. The van der Waals surface area contributed by atoms with Gasteiger partial charge in [0.2, 0.25) is 0 Å². The molecule has 9 rings (SSSR count). The number of para-hydroxylation sites is 4. The second kappa shape index (κ2) is 7.99. The third-order valence-electron chi connectivity index (χ3n) is 9.29. The topological polar surface area (TPSA) is 9.86 Å². The molecule has 0 bridgehead atoms. The molecule has 0 unspecified atom stereocenters. The molecular weight excluding hydrogens is 496 g/mol. The highest BCUT2D eigenvalue weighted by Gasteiger charge is 2.37. The molecule has 0 saturated heterocycles. The summed E-state index contributed by atoms with van der Waals surface area (Å²) in [5.74, 6) is 0. The van der Waals surface area contributed by atoms with Crippen LogP contribution in [0.25, 0.3) is 66.1 Å². The second-order valence-corrected chi connectivity index (χ2v) is 11.8. The molecule has 0 fully saturated rings. The fourth-order valence-corrected chi connectivity index (χ4v) is 7.37. The van der Waals surface area contributed by atoms with Crippen LogP contribution in [-0.2, 0) is 5.41 Å². The highest BCUT2D eigenvalue weighted by Crippen LogP contribution is 2.53. The van der Waals surface area contributed by atoms with Gasteiger partial charge in [0.25, 0.3) is 0 Å². The van der Waals surface area contributed by atoms with Crippen molar-refractivity contribution >= 4 is 43.6 Å². The minimum atomic E-state index is -0.136. The standard InChI is InChI=1S/C39H28N2/c1-39(2)33-23-37-31(27-17-9-11-19-35(27)40(37)25-13-5-3-6-14-25)21-29(33)30-22-32-28-18-10-12-20-36(28)41(38(32)24-34(30)39)26-15-7-4-8-16-26/h3-24H,1-2H3. The molecule has 0 amide bonds. The van der Waals surface area contributed by atoms with Gasteiger partial charge in [0.15, 0.2) is 0 Å². The van der Waals surface area contributed by atoms with Crippen LogP contribution in [0.15, 0.2) is 133 Å². The summed E-state index contributed by atoms with van der Waals surface area (Å²) in [4.78, 5) is 0. The summed E-state index contributed by atoms with van der Waals surface area (Å²) >= 11 is 0. The SMILES string of the molecule is CC1(C)c2cc3c(cc2-c2cc4c5ccccc5n(-c5ccccc5)c4cc21)c1ccccc1n3-c1ccccc1. The number of hydrogen-bond donors (Lipinski definition) is 0. The zero-order valence-electron chi connectivity index (χ0n) is 23.1. The number of nitrogens with zero attached hydrogens (tertiary/aromatic N) is 2. The maximum absolute atomic E-state index is 2.46. The Hall–Kier alpha value is -5.08. The third-order valence-corrected chi connectivity index (χ3v) is 9.29. The molecule has 0 radical (unpaired) electrons. The molecule has 2 nitrogen and oxygen atoms in total. The maximum Gasteiger partial charge on any atom is 0.0544 e. The van der Waals surface area contributed by atoms with Gasteiger partial charge in [-0.3, -0.25) is 0 Å². The average molecular weight is 525 g/mol. The molecule has 41 heavy (non-hydrogen) atoms. The molecule has 2 aromatic heterocycles. The van der Waals surface area contributed by atoms with Gasteiger partial charge in [0, 0.05) is 38.3 Å². The van der Waals surface area contributed by atoms with E-state index in [1.807, 2.05) is 0 Å². The van der Waals surface area contributed by atoms with Crippen molar-refractivity contribution in [3.8, 4) is 22.5 Å². The summed E-state index contributed by atoms with van der Waals surface area (Å²) in [5.41, 5.74) is 12.8. The molecule has 0 saturated carbocycles. The molecule has 0 N–H and O–H groups in total. The minimum absolute atomic E-state index is 0.136. The van der Waals surface area contributed by atoms with Crippen LogP contribution in [-0.4, -0.2) is 9.13 Å². The Balaban J connectivity index is 1.39. The third kappa shape index (κ3) is 2.97. The van der Waals surface area contributed by atoms with Gasteiger partial charge in [-0.15, -0.1) is 0 Å². The van der Waals surface area contributed by atoms with Crippen molar-refractivity contribution in [1.82, 2.24) is 9.13 Å². The van der Waals surface area contributed by atoms with Crippen molar-refractivity contribution in [2.45, 2.75) is 19.3 Å². The van der Waals surface area contributed by atoms with E-state index in [0.29, 0.717) is 0 Å². The van der Waals surface area contributed by atoms with Crippen LogP contribution in [0.5, 0.6) is 0 Å². The quantitative estimate of drug-likeness (QED) is 0.213. The molecule has 2 heterocycles. The first-order valence-corrected chi connectivity index (χ1v) is 14.4. The van der Waals surface area contributed by atoms with E-state index < -0.39 is 0 Å². The number of rotatable bonds is 2. The van der Waals surface area contributed by atoms with Gasteiger partial charge in [0.1, 0.15) is 0 Å². The van der Waals surface area contributed by atoms with Gasteiger partial charge in [-0.2, -0.15) is 0 Å². The average Bonchev–Trinajstić information content (AvgIpc) is 3.59. The lowest BCUT2D eigenvalue weighted by molar-refractivity contribution is 0.661. The Morgan fingerprint density at radius 1 is 0.390 bits per heavy atom. The van der Waals surface area contributed by atoms with E-state index in [1.165, 1.54) is 77.2 Å². The van der Waals surface area contributed by atoms with E-state index >= 15 is 0 Å². The first kappa shape index (κ1) is 22.7. The monoisotopic (exact) mass is 524 g/mol. The Labute approximate surface area is 238 Å². The predicted molar refractivity (Wildman–Crippen MR) is 173 cm³/mol. The van der Waals surface area contributed by atoms with Crippen molar-refractivity contribution in [2.24, 2.45) is 0 Å². The van der Waals surface area contributed by atoms with Crippen LogP contribution < -0.4 is 0 Å². The largest absolute Gasteiger partial charge is 0.309 e. The van der Waals surface area contributed by atoms with E-state index in [9.17, 15) is 0 Å². The van der Waals surface area contributed by atoms with Crippen LogP contribution >= 0.6 is 0 Å². The first-order valence-electron chi connectivity index (χ1n) is 14.4. The fraction of sp³-hybridized carbons (Fsp3) is 0.0769. The molecule has 8 aromatic rings. The number of fused-ring (bicyclic) bond motifs is 9. The van der Waals surface area contributed by atoms with Crippen LogP contribution in [0.1, 0.15) is 25.0 Å². The summed E-state index contributed by atoms with van der Waals surface area (Å²) in [5, 5.41) is 5.20. The van der Waals surface area contributed by atoms with Gasteiger partial charge in [-0.25, -0.2) is 0 Å². The normalized spacial score (nSPS) is 13.8. The van der Waals surface area contributed by atoms with Crippen molar-refractivity contribution in [2.75, 3.05) is 0 Å². The van der Waals surface area contributed by atoms with Crippen molar-refractivity contribution in [3.63, 3.8) is 0 Å². The van der Waals surface area contributed by atoms with Crippen LogP contribution in [0.3, 0.4) is 0 Å². The van der Waals surface area contributed by atoms with Crippen molar-refractivity contribution in [1.29, 1.82) is 0 Å². The van der Waals surface area contributed by atoms with Crippen LogP contribution in [0, 0.1) is 0 Å². The zero-order chi connectivity index (χ0) is 27.3. The predicted octanol–water partition coefficient (Wildman–Crippen LogP) is 10.2. The second-order valence-electron chi connectivity index (χ2n) is 11.8. The lowest BCUT2D eigenvalue weighted by Crippen LogP contribution is -2.15. The smallest absolute Gasteiger partial charge is 0.0544 e.